The van der Waals surface area contributed by atoms with Gasteiger partial charge in [-0.05, 0) is 41.3 Å². The van der Waals surface area contributed by atoms with Crippen LogP contribution in [0.15, 0.2) is 53.1 Å². The van der Waals surface area contributed by atoms with Crippen molar-refractivity contribution < 1.29 is 23.4 Å². The van der Waals surface area contributed by atoms with Crippen LogP contribution < -0.4 is 19.5 Å². The van der Waals surface area contributed by atoms with E-state index in [0.29, 0.717) is 38.0 Å². The number of methoxy groups -OCH3 is 1. The van der Waals surface area contributed by atoms with Gasteiger partial charge >= 0.3 is 0 Å². The van der Waals surface area contributed by atoms with Crippen molar-refractivity contribution in [1.82, 2.24) is 15.2 Å². The predicted molar refractivity (Wildman–Crippen MR) is 122 cm³/mol. The molecule has 0 fully saturated rings. The van der Waals surface area contributed by atoms with Gasteiger partial charge in [0.25, 0.3) is 5.91 Å². The molecule has 1 aliphatic rings. The number of rotatable bonds is 10. The second-order valence-electron chi connectivity index (χ2n) is 8.41. The number of benzene rings is 2. The zero-order valence-corrected chi connectivity index (χ0v) is 19.2. The minimum absolute atomic E-state index is 0.228. The van der Waals surface area contributed by atoms with E-state index in [4.69, 9.17) is 18.6 Å². The number of fused-ring (bicyclic) bond motifs is 1. The number of aromatic nitrogens is 1. The van der Waals surface area contributed by atoms with Crippen LogP contribution >= 0.6 is 0 Å². The van der Waals surface area contributed by atoms with Gasteiger partial charge in [0, 0.05) is 19.6 Å². The summed E-state index contributed by atoms with van der Waals surface area (Å²) in [5.41, 5.74) is 2.45. The molecule has 1 aromatic heterocycles. The number of amides is 1. The fourth-order valence-electron chi connectivity index (χ4n) is 3.56. The molecule has 0 spiro atoms. The molecule has 1 amide bonds. The Morgan fingerprint density at radius 2 is 1.88 bits per heavy atom. The molecule has 0 saturated carbocycles. The summed E-state index contributed by atoms with van der Waals surface area (Å²) in [7, 11) is 1.65. The molecule has 0 radical (unpaired) electrons. The molecular formula is C25H29N3O5. The number of nitrogens with zero attached hydrogens (tertiary/aromatic N) is 2. The highest BCUT2D eigenvalue weighted by Gasteiger charge is 2.18. The largest absolute Gasteiger partial charge is 0.497 e. The van der Waals surface area contributed by atoms with Gasteiger partial charge in [0.1, 0.15) is 12.0 Å². The summed E-state index contributed by atoms with van der Waals surface area (Å²) in [5, 5.41) is 2.87. The quantitative estimate of drug-likeness (QED) is 0.499. The van der Waals surface area contributed by atoms with Gasteiger partial charge in [0.15, 0.2) is 17.2 Å². The molecule has 0 atom stereocenters. The van der Waals surface area contributed by atoms with Gasteiger partial charge in [0.05, 0.1) is 13.7 Å². The highest BCUT2D eigenvalue weighted by molar-refractivity contribution is 5.91. The maximum absolute atomic E-state index is 12.3. The molecule has 8 nitrogen and oxygen atoms in total. The molecule has 33 heavy (non-hydrogen) atoms. The third kappa shape index (κ3) is 6.04. The zero-order valence-electron chi connectivity index (χ0n) is 19.2. The highest BCUT2D eigenvalue weighted by Crippen LogP contribution is 2.33. The molecule has 174 valence electrons. The van der Waals surface area contributed by atoms with Crippen LogP contribution in [0.5, 0.6) is 17.2 Å². The van der Waals surface area contributed by atoms with Crippen LogP contribution in [0.2, 0.25) is 0 Å². The number of ether oxygens (including phenoxy) is 3. The Morgan fingerprint density at radius 3 is 2.67 bits per heavy atom. The van der Waals surface area contributed by atoms with E-state index >= 15 is 0 Å². The maximum atomic E-state index is 12.3. The number of hydrogen-bond acceptors (Lipinski definition) is 7. The molecule has 0 unspecified atom stereocenters. The first-order chi connectivity index (χ1) is 16.0. The molecule has 0 aliphatic carbocycles. The van der Waals surface area contributed by atoms with Gasteiger partial charge in [-0.3, -0.25) is 9.69 Å². The van der Waals surface area contributed by atoms with Crippen LogP contribution in [0.3, 0.4) is 0 Å². The second kappa shape index (κ2) is 10.4. The zero-order chi connectivity index (χ0) is 23.2. The van der Waals surface area contributed by atoms with Gasteiger partial charge in [-0.15, -0.1) is 0 Å². The number of oxazole rings is 1. The Bertz CT molecular complexity index is 1100. The molecule has 1 aliphatic heterocycles. The van der Waals surface area contributed by atoms with Crippen LogP contribution in [0, 0.1) is 5.92 Å². The minimum atomic E-state index is -0.228. The van der Waals surface area contributed by atoms with Gasteiger partial charge in [-0.1, -0.05) is 32.0 Å². The fraction of sp³-hybridized carbons (Fsp3) is 0.360. The molecule has 1 N–H and O–H groups in total. The van der Waals surface area contributed by atoms with Gasteiger partial charge < -0.3 is 23.9 Å². The average Bonchev–Trinajstić information content (AvgIpc) is 3.46. The van der Waals surface area contributed by atoms with E-state index in [0.717, 1.165) is 28.4 Å². The van der Waals surface area contributed by atoms with E-state index < -0.39 is 0 Å². The summed E-state index contributed by atoms with van der Waals surface area (Å²) in [6.45, 7) is 6.62. The molecule has 4 rings (SSSR count). The summed E-state index contributed by atoms with van der Waals surface area (Å²) in [5.74, 6) is 2.91. The van der Waals surface area contributed by atoms with Crippen molar-refractivity contribution in [1.29, 1.82) is 0 Å². The van der Waals surface area contributed by atoms with Crippen LogP contribution in [0.25, 0.3) is 0 Å². The lowest BCUT2D eigenvalue weighted by molar-refractivity contribution is 0.0944. The first kappa shape index (κ1) is 22.7. The van der Waals surface area contributed by atoms with Gasteiger partial charge in [0.2, 0.25) is 12.7 Å². The number of nitrogens with one attached hydrogen (secondary N) is 1. The first-order valence-corrected chi connectivity index (χ1v) is 11.0. The Hall–Kier alpha value is -3.52. The number of carbonyl (C=O) groups is 1. The van der Waals surface area contributed by atoms with Crippen molar-refractivity contribution >= 4 is 5.91 Å². The number of carbonyl (C=O) groups excluding carboxylic acids is 1. The Kier molecular flexibility index (Phi) is 7.14. The van der Waals surface area contributed by atoms with E-state index in [1.807, 2.05) is 50.2 Å². The van der Waals surface area contributed by atoms with Crippen molar-refractivity contribution in [2.45, 2.75) is 33.5 Å². The van der Waals surface area contributed by atoms with Gasteiger partial charge in [-0.2, -0.15) is 0 Å². The topological polar surface area (TPSA) is 86.1 Å². The highest BCUT2D eigenvalue weighted by atomic mass is 16.7. The van der Waals surface area contributed by atoms with E-state index in [1.54, 1.807) is 7.11 Å². The van der Waals surface area contributed by atoms with E-state index in [1.165, 1.54) is 6.26 Å². The molecule has 3 aromatic rings. The standard InChI is InChI=1S/C25H29N3O5/c1-17(2)11-26-25(29)21-15-31-24(27-21)14-28(12-18-5-4-6-20(9-18)30-3)13-19-7-8-22-23(10-19)33-16-32-22/h4-10,15,17H,11-14,16H2,1-3H3,(H,26,29). The predicted octanol–water partition coefficient (Wildman–Crippen LogP) is 4.00. The molecule has 0 saturated heterocycles. The molecule has 2 heterocycles. The van der Waals surface area contributed by atoms with Crippen molar-refractivity contribution in [3.63, 3.8) is 0 Å². The maximum Gasteiger partial charge on any atom is 0.273 e. The van der Waals surface area contributed by atoms with E-state index in [2.05, 4.69) is 21.3 Å². The third-order valence-electron chi connectivity index (χ3n) is 5.20. The van der Waals surface area contributed by atoms with Crippen LogP contribution in [-0.4, -0.2) is 36.2 Å². The SMILES string of the molecule is COc1cccc(CN(Cc2ccc3c(c2)OCO3)Cc2nc(C(=O)NCC(C)C)co2)c1. The Labute approximate surface area is 193 Å². The van der Waals surface area contributed by atoms with Crippen molar-refractivity contribution in [3.8, 4) is 17.2 Å². The summed E-state index contributed by atoms with van der Waals surface area (Å²) < 4.78 is 21.9. The van der Waals surface area contributed by atoms with Gasteiger partial charge in [-0.25, -0.2) is 4.98 Å². The normalized spacial score (nSPS) is 12.4. The summed E-state index contributed by atoms with van der Waals surface area (Å²) in [4.78, 5) is 18.9. The van der Waals surface area contributed by atoms with Crippen LogP contribution in [0.1, 0.15) is 41.4 Å². The smallest absolute Gasteiger partial charge is 0.273 e. The second-order valence-corrected chi connectivity index (χ2v) is 8.41. The van der Waals surface area contributed by atoms with Crippen LogP contribution in [-0.2, 0) is 19.6 Å². The molecule has 2 aromatic carbocycles. The van der Waals surface area contributed by atoms with Crippen molar-refractivity contribution in [3.05, 3.63) is 71.4 Å². The van der Waals surface area contributed by atoms with Crippen LogP contribution in [0.4, 0.5) is 0 Å². The Balaban J connectivity index is 1.50. The average molecular weight is 452 g/mol. The minimum Gasteiger partial charge on any atom is -0.497 e. The summed E-state index contributed by atoms with van der Waals surface area (Å²) >= 11 is 0. The molecule has 0 bridgehead atoms. The van der Waals surface area contributed by atoms with Crippen molar-refractivity contribution in [2.24, 2.45) is 5.92 Å². The van der Waals surface area contributed by atoms with E-state index in [-0.39, 0.29) is 18.4 Å². The summed E-state index contributed by atoms with van der Waals surface area (Å²) in [6.07, 6.45) is 1.41. The van der Waals surface area contributed by atoms with Crippen molar-refractivity contribution in [2.75, 3.05) is 20.4 Å². The first-order valence-electron chi connectivity index (χ1n) is 11.0. The lowest BCUT2D eigenvalue weighted by atomic mass is 10.1. The summed E-state index contributed by atoms with van der Waals surface area (Å²) in [6, 6.07) is 13.9. The molecule has 8 heteroatoms. The number of hydrogen-bond donors (Lipinski definition) is 1. The third-order valence-corrected chi connectivity index (χ3v) is 5.20. The van der Waals surface area contributed by atoms with E-state index in [9.17, 15) is 4.79 Å². The lowest BCUT2D eigenvalue weighted by Gasteiger charge is -2.21. The lowest BCUT2D eigenvalue weighted by Crippen LogP contribution is -2.27. The monoisotopic (exact) mass is 451 g/mol. The Morgan fingerprint density at radius 1 is 1.09 bits per heavy atom. The fourth-order valence-corrected chi connectivity index (χ4v) is 3.56. The molecular weight excluding hydrogens is 422 g/mol.